The minimum absolute atomic E-state index is 0.119. The number of rotatable bonds is 9. The van der Waals surface area contributed by atoms with Crippen LogP contribution in [-0.2, 0) is 14.4 Å². The van der Waals surface area contributed by atoms with Crippen LogP contribution in [0.5, 0.6) is 0 Å². The van der Waals surface area contributed by atoms with E-state index in [4.69, 9.17) is 17.3 Å². The number of hydrogen-bond acceptors (Lipinski definition) is 6. The fourth-order valence-electron chi connectivity index (χ4n) is 2.89. The molecule has 7 nitrogen and oxygen atoms in total. The van der Waals surface area contributed by atoms with Crippen molar-refractivity contribution in [1.82, 2.24) is 4.90 Å². The quantitative estimate of drug-likeness (QED) is 0.463. The Morgan fingerprint density at radius 1 is 1.21 bits per heavy atom. The van der Waals surface area contributed by atoms with Crippen molar-refractivity contribution in [2.45, 2.75) is 32.7 Å². The summed E-state index contributed by atoms with van der Waals surface area (Å²) in [6.07, 6.45) is 1.10. The minimum atomic E-state index is -1.29. The number of carbonyl (C=O) groups excluding carboxylic acids is 1. The highest BCUT2D eigenvalue weighted by atomic mass is 32.2. The first-order chi connectivity index (χ1) is 13.3. The van der Waals surface area contributed by atoms with Crippen molar-refractivity contribution >= 4 is 57.9 Å². The van der Waals surface area contributed by atoms with Crippen molar-refractivity contribution in [3.8, 4) is 0 Å². The lowest BCUT2D eigenvalue weighted by Crippen LogP contribution is -2.44. The second-order valence-electron chi connectivity index (χ2n) is 6.10. The number of nitrogens with zero attached hydrogens (tertiary/aromatic N) is 2. The molecule has 0 bridgehead atoms. The molecule has 2 N–H and O–H groups in total. The maximum absolute atomic E-state index is 12.7. The number of carboxylic acid groups (broad SMARTS) is 2. The molecule has 1 amide bonds. The van der Waals surface area contributed by atoms with Gasteiger partial charge in [-0.2, -0.15) is 0 Å². The van der Waals surface area contributed by atoms with Crippen LogP contribution in [0.2, 0.25) is 0 Å². The number of thiocarbonyl (C=S) groups is 1. The summed E-state index contributed by atoms with van der Waals surface area (Å²) < 4.78 is 0.119. The highest BCUT2D eigenvalue weighted by Gasteiger charge is 2.40. The van der Waals surface area contributed by atoms with Gasteiger partial charge >= 0.3 is 11.9 Å². The van der Waals surface area contributed by atoms with Crippen molar-refractivity contribution in [2.75, 3.05) is 18.0 Å². The Labute approximate surface area is 173 Å². The number of benzene rings is 1. The van der Waals surface area contributed by atoms with E-state index in [1.54, 1.807) is 6.08 Å². The molecular formula is C19H22N2O5S2. The second-order valence-corrected chi connectivity index (χ2v) is 7.78. The lowest BCUT2D eigenvalue weighted by molar-refractivity contribution is -0.146. The van der Waals surface area contributed by atoms with Crippen molar-refractivity contribution in [2.24, 2.45) is 0 Å². The van der Waals surface area contributed by atoms with E-state index in [0.29, 0.717) is 4.91 Å². The fourth-order valence-corrected chi connectivity index (χ4v) is 4.25. The number of thioether (sulfide) groups is 1. The van der Waals surface area contributed by atoms with E-state index < -0.39 is 23.9 Å². The monoisotopic (exact) mass is 422 g/mol. The third kappa shape index (κ3) is 5.11. The Morgan fingerprint density at radius 2 is 1.82 bits per heavy atom. The molecule has 1 saturated heterocycles. The number of carbonyl (C=O) groups is 3. The standard InChI is InChI=1S/C19H22N2O5S2/c1-3-20(4-2)13-7-5-12(6-8-13)11-15-17(24)21(19(27)28-15)14(18(25)26)9-10-16(22)23/h5-8,11,14H,3-4,9-10H2,1-2H3,(H,22,23)(H,25,26)/b15-11-. The third-order valence-corrected chi connectivity index (χ3v) is 5.70. The number of anilines is 1. The molecule has 0 aromatic heterocycles. The topological polar surface area (TPSA) is 98.2 Å². The molecule has 0 spiro atoms. The van der Waals surface area contributed by atoms with Gasteiger partial charge < -0.3 is 15.1 Å². The lowest BCUT2D eigenvalue weighted by atomic mass is 10.1. The highest BCUT2D eigenvalue weighted by molar-refractivity contribution is 8.26. The SMILES string of the molecule is CCN(CC)c1ccc(/C=C2\SC(=S)N(C(CCC(=O)O)C(=O)O)C2=O)cc1. The van der Waals surface area contributed by atoms with Gasteiger partial charge in [-0.05, 0) is 44.0 Å². The Bertz CT molecular complexity index is 803. The number of carboxylic acids is 2. The number of aliphatic carboxylic acids is 2. The van der Waals surface area contributed by atoms with Crippen LogP contribution in [0.25, 0.3) is 6.08 Å². The van der Waals surface area contributed by atoms with Crippen LogP contribution in [0.3, 0.4) is 0 Å². The third-order valence-electron chi connectivity index (χ3n) is 4.37. The molecule has 9 heteroatoms. The van der Waals surface area contributed by atoms with E-state index in [9.17, 15) is 19.5 Å². The Hall–Kier alpha value is -2.39. The zero-order chi connectivity index (χ0) is 20.8. The van der Waals surface area contributed by atoms with Gasteiger partial charge in [0, 0.05) is 25.2 Å². The molecule has 0 aliphatic carbocycles. The van der Waals surface area contributed by atoms with Gasteiger partial charge in [0.05, 0.1) is 4.91 Å². The van der Waals surface area contributed by atoms with E-state index in [1.165, 1.54) is 0 Å². The Kier molecular flexibility index (Phi) is 7.59. The summed E-state index contributed by atoms with van der Waals surface area (Å²) in [5, 5.41) is 18.2. The van der Waals surface area contributed by atoms with E-state index in [-0.39, 0.29) is 17.2 Å². The average Bonchev–Trinajstić information content (AvgIpc) is 2.91. The molecule has 1 aromatic rings. The van der Waals surface area contributed by atoms with Gasteiger partial charge in [-0.25, -0.2) is 4.79 Å². The van der Waals surface area contributed by atoms with Gasteiger partial charge in [0.2, 0.25) is 0 Å². The van der Waals surface area contributed by atoms with Gasteiger partial charge in [0.1, 0.15) is 10.4 Å². The molecule has 1 aromatic carbocycles. The van der Waals surface area contributed by atoms with Crippen molar-refractivity contribution in [3.05, 3.63) is 34.7 Å². The first-order valence-corrected chi connectivity index (χ1v) is 10.1. The second kappa shape index (κ2) is 9.70. The Morgan fingerprint density at radius 3 is 2.32 bits per heavy atom. The van der Waals surface area contributed by atoms with Crippen LogP contribution in [0, 0.1) is 0 Å². The van der Waals surface area contributed by atoms with Crippen LogP contribution in [0.4, 0.5) is 5.69 Å². The predicted molar refractivity (Wildman–Crippen MR) is 113 cm³/mol. The molecular weight excluding hydrogens is 400 g/mol. The molecule has 1 aliphatic heterocycles. The minimum Gasteiger partial charge on any atom is -0.481 e. The van der Waals surface area contributed by atoms with E-state index in [2.05, 4.69) is 18.7 Å². The zero-order valence-electron chi connectivity index (χ0n) is 15.6. The zero-order valence-corrected chi connectivity index (χ0v) is 17.3. The molecule has 0 radical (unpaired) electrons. The van der Waals surface area contributed by atoms with E-state index >= 15 is 0 Å². The summed E-state index contributed by atoms with van der Waals surface area (Å²) in [5.41, 5.74) is 1.88. The predicted octanol–water partition coefficient (Wildman–Crippen LogP) is 3.05. The largest absolute Gasteiger partial charge is 0.481 e. The molecule has 1 atom stereocenters. The van der Waals surface area contributed by atoms with E-state index in [1.807, 2.05) is 24.3 Å². The van der Waals surface area contributed by atoms with Gasteiger partial charge in [-0.15, -0.1) is 0 Å². The summed E-state index contributed by atoms with van der Waals surface area (Å²) in [6.45, 7) is 5.93. The maximum atomic E-state index is 12.7. The summed E-state index contributed by atoms with van der Waals surface area (Å²) in [5.74, 6) is -2.91. The van der Waals surface area contributed by atoms with Crippen LogP contribution < -0.4 is 4.90 Å². The summed E-state index contributed by atoms with van der Waals surface area (Å²) in [6, 6.07) is 6.41. The first kappa shape index (κ1) is 21.9. The van der Waals surface area contributed by atoms with Gasteiger partial charge in [-0.3, -0.25) is 14.5 Å². The summed E-state index contributed by atoms with van der Waals surface area (Å²) in [7, 11) is 0. The highest BCUT2D eigenvalue weighted by Crippen LogP contribution is 2.35. The van der Waals surface area contributed by atoms with Gasteiger partial charge in [0.15, 0.2) is 0 Å². The normalized spacial score (nSPS) is 16.5. The van der Waals surface area contributed by atoms with Crippen molar-refractivity contribution < 1.29 is 24.6 Å². The van der Waals surface area contributed by atoms with Crippen molar-refractivity contribution in [3.63, 3.8) is 0 Å². The molecule has 150 valence electrons. The summed E-state index contributed by atoms with van der Waals surface area (Å²) in [4.78, 5) is 38.5. The molecule has 0 saturated carbocycles. The molecule has 1 unspecified atom stereocenters. The smallest absolute Gasteiger partial charge is 0.326 e. The molecule has 1 fully saturated rings. The molecule has 2 rings (SSSR count). The van der Waals surface area contributed by atoms with Crippen molar-refractivity contribution in [1.29, 1.82) is 0 Å². The van der Waals surface area contributed by atoms with E-state index in [0.717, 1.165) is 41.0 Å². The number of hydrogen-bond donors (Lipinski definition) is 2. The number of amides is 1. The van der Waals surface area contributed by atoms with Gasteiger partial charge in [-0.1, -0.05) is 36.1 Å². The molecule has 1 aliphatic rings. The van der Waals surface area contributed by atoms with Crippen LogP contribution >= 0.6 is 24.0 Å². The molecule has 1 heterocycles. The average molecular weight is 423 g/mol. The first-order valence-electron chi connectivity index (χ1n) is 8.85. The van der Waals surface area contributed by atoms with Crippen LogP contribution in [0.1, 0.15) is 32.3 Å². The molecule has 28 heavy (non-hydrogen) atoms. The lowest BCUT2D eigenvalue weighted by Gasteiger charge is -2.22. The van der Waals surface area contributed by atoms with Gasteiger partial charge in [0.25, 0.3) is 5.91 Å². The summed E-state index contributed by atoms with van der Waals surface area (Å²) >= 11 is 6.21. The van der Waals surface area contributed by atoms with Crippen LogP contribution in [0.15, 0.2) is 29.2 Å². The Balaban J connectivity index is 2.21. The fraction of sp³-hybridized carbons (Fsp3) is 0.368. The maximum Gasteiger partial charge on any atom is 0.326 e. The van der Waals surface area contributed by atoms with Crippen LogP contribution in [-0.4, -0.2) is 56.4 Å².